The van der Waals surface area contributed by atoms with Gasteiger partial charge < -0.3 is 18.5 Å². The van der Waals surface area contributed by atoms with Crippen LogP contribution in [0.5, 0.6) is 5.75 Å². The fourth-order valence-electron chi connectivity index (χ4n) is 13.7. The molecule has 0 amide bonds. The van der Waals surface area contributed by atoms with Crippen molar-refractivity contribution in [1.82, 2.24) is 29.9 Å². The molecule has 0 aliphatic heterocycles. The van der Waals surface area contributed by atoms with Crippen molar-refractivity contribution in [2.45, 2.75) is 0 Å². The summed E-state index contributed by atoms with van der Waals surface area (Å²) >= 11 is 9.75. The molecule has 0 unspecified atom stereocenters. The van der Waals surface area contributed by atoms with E-state index in [1.54, 1.807) is 28.7 Å². The first-order valence-electron chi connectivity index (χ1n) is 33.9. The van der Waals surface area contributed by atoms with E-state index < -0.39 is 0 Å². The number of thiophene rings is 2. The molecule has 0 spiro atoms. The zero-order chi connectivity index (χ0) is 69.5. The van der Waals surface area contributed by atoms with Crippen LogP contribution in [0.4, 0.5) is 0 Å². The second kappa shape index (κ2) is 27.7. The van der Waals surface area contributed by atoms with Crippen molar-refractivity contribution in [3.05, 3.63) is 333 Å². The highest BCUT2D eigenvalue weighted by Gasteiger charge is 2.22. The molecule has 14 aromatic carbocycles. The second-order valence-corrected chi connectivity index (χ2v) is 27.3. The molecule has 1 N–H and O–H groups in total. The number of benzene rings is 14. The Morgan fingerprint density at radius 2 is 0.606 bits per heavy atom. The highest BCUT2D eigenvalue weighted by atomic mass is 35.5. The molecule has 1 radical (unpaired) electrons. The highest BCUT2D eigenvalue weighted by molar-refractivity contribution is 7.26. The number of hydrogen-bond donors (Lipinski definition) is 1. The molecule has 0 bridgehead atoms. The van der Waals surface area contributed by atoms with E-state index in [1.807, 2.05) is 121 Å². The molecule has 0 aliphatic rings. The Hall–Kier alpha value is -12.7. The van der Waals surface area contributed by atoms with Gasteiger partial charge >= 0.3 is 7.69 Å². The van der Waals surface area contributed by atoms with Gasteiger partial charge in [0.2, 0.25) is 0 Å². The summed E-state index contributed by atoms with van der Waals surface area (Å²) in [7, 11) is 0.677. The van der Waals surface area contributed by atoms with E-state index in [4.69, 9.17) is 60.0 Å². The van der Waals surface area contributed by atoms with Crippen LogP contribution in [0.2, 0.25) is 5.02 Å². The Balaban J connectivity index is 0.000000125. The number of nitrogens with zero attached hydrogens (tertiary/aromatic N) is 6. The van der Waals surface area contributed by atoms with Crippen molar-refractivity contribution in [2.75, 3.05) is 0 Å². The Morgan fingerprint density at radius 3 is 1.12 bits per heavy atom. The molecule has 20 aromatic rings. The Labute approximate surface area is 610 Å². The van der Waals surface area contributed by atoms with Crippen LogP contribution in [0.3, 0.4) is 0 Å². The fourth-order valence-corrected chi connectivity index (χ4v) is 16.3. The Kier molecular flexibility index (Phi) is 16.9. The van der Waals surface area contributed by atoms with Gasteiger partial charge in [0.05, 0.1) is 5.39 Å². The van der Waals surface area contributed by atoms with Crippen molar-refractivity contribution in [3.8, 4) is 107 Å². The van der Waals surface area contributed by atoms with Crippen LogP contribution >= 0.6 is 34.3 Å². The third-order valence-electron chi connectivity index (χ3n) is 18.6. The Bertz CT molecular complexity index is 6600. The van der Waals surface area contributed by atoms with Crippen LogP contribution < -0.4 is 4.65 Å². The van der Waals surface area contributed by atoms with Gasteiger partial charge in [-0.05, 0) is 112 Å². The molecule has 491 valence electrons. The minimum atomic E-state index is 0.588. The molecule has 6 aromatic heterocycles. The van der Waals surface area contributed by atoms with Crippen molar-refractivity contribution in [1.29, 1.82) is 0 Å². The maximum atomic E-state index is 8.71. The van der Waals surface area contributed by atoms with E-state index in [0.29, 0.717) is 53.4 Å². The minimum Gasteiger partial charge on any atom is -0.537 e. The van der Waals surface area contributed by atoms with Crippen molar-refractivity contribution in [2.24, 2.45) is 0 Å². The normalized spacial score (nSPS) is 11.4. The van der Waals surface area contributed by atoms with Gasteiger partial charge in [-0.1, -0.05) is 260 Å². The van der Waals surface area contributed by atoms with E-state index in [1.165, 1.54) is 40.3 Å². The topological polar surface area (TPSA) is 133 Å². The van der Waals surface area contributed by atoms with Gasteiger partial charge in [-0.25, -0.2) is 29.9 Å². The van der Waals surface area contributed by atoms with Gasteiger partial charge in [-0.15, -0.1) is 22.7 Å². The Morgan fingerprint density at radius 1 is 0.269 bits per heavy atom. The number of fused-ring (bicyclic) bond motifs is 12. The lowest BCUT2D eigenvalue weighted by molar-refractivity contribution is 0.456. The fraction of sp³-hybridized carbons (Fsp3) is 0. The van der Waals surface area contributed by atoms with Crippen LogP contribution in [-0.2, 0) is 0 Å². The summed E-state index contributed by atoms with van der Waals surface area (Å²) in [4.78, 5) is 30.6. The molecular formula is C90H55BClN6O4S2. The van der Waals surface area contributed by atoms with Gasteiger partial charge in [0.15, 0.2) is 34.9 Å². The summed E-state index contributed by atoms with van der Waals surface area (Å²) in [6.45, 7) is 0. The molecule has 0 fully saturated rings. The molecule has 104 heavy (non-hydrogen) atoms. The summed E-state index contributed by atoms with van der Waals surface area (Å²) in [5, 5.41) is 18.4. The van der Waals surface area contributed by atoms with E-state index in [2.05, 4.69) is 200 Å². The second-order valence-electron chi connectivity index (χ2n) is 24.8. The van der Waals surface area contributed by atoms with Crippen LogP contribution in [0.25, 0.3) is 186 Å². The van der Waals surface area contributed by atoms with Crippen molar-refractivity contribution < 1.29 is 18.5 Å². The third kappa shape index (κ3) is 12.0. The predicted octanol–water partition coefficient (Wildman–Crippen LogP) is 24.5. The zero-order valence-corrected chi connectivity index (χ0v) is 57.7. The number of halogens is 1. The SMILES string of the molecule is Clc1ccc(-c2nc(-c3ccccc3-c3ccccc3)nc(-c3cccc4c3sc3ccccc34)n2)cc1.O[B]Oc1cccc2oc3ccccc3c12.c1ccc(-c2ccccc2-c2nc(-c3ccc(-c4cccc5oc6ccccc6c45)cc3)nc(-c3cccc4c3sc3ccccc34)n2)cc1. The standard InChI is InChI=1S/C45H27N3OS.C33H20ClN3S.C12H8BO3/c1-2-12-28(13-3-1)31-14-4-5-16-35(31)44-46-43(47-45(48-44)37-20-10-19-34-33-15-7-9-23-40(33)50-42(34)37)30-26-24-29(25-27-30)32-18-11-22-39-41(32)36-17-6-8-21-38(36)49-39;34-23-19-17-22(18-20-23)31-35-32(27-13-5-4-11-24(27)21-9-2-1-3-10-21)37-33(36-31)28-15-8-14-26-25-12-6-7-16-29(25)38-30(26)28;14-13-16-11-7-3-6-10-12(11)8-4-1-2-5-9(8)15-10/h1-27H;1-20H;1-7,14H. The monoisotopic (exact) mass is 1390 g/mol. The molecule has 0 saturated carbocycles. The van der Waals surface area contributed by atoms with Crippen LogP contribution in [0.15, 0.2) is 336 Å². The van der Waals surface area contributed by atoms with E-state index in [0.717, 1.165) is 111 Å². The third-order valence-corrected chi connectivity index (χ3v) is 21.3. The predicted molar refractivity (Wildman–Crippen MR) is 429 cm³/mol. The average molecular weight is 1390 g/mol. The lowest BCUT2D eigenvalue weighted by atomic mass is 9.98. The smallest absolute Gasteiger partial charge is 0.537 e. The average Bonchev–Trinajstić information content (AvgIpc) is 1.46. The molecule has 14 heteroatoms. The number of aromatic nitrogens is 6. The van der Waals surface area contributed by atoms with E-state index in [-0.39, 0.29) is 0 Å². The van der Waals surface area contributed by atoms with Gasteiger partial charge in [0.1, 0.15) is 28.1 Å². The molecular weight excluding hydrogens is 1340 g/mol. The molecule has 0 aliphatic carbocycles. The largest absolute Gasteiger partial charge is 0.569 e. The van der Waals surface area contributed by atoms with E-state index >= 15 is 0 Å². The van der Waals surface area contributed by atoms with Crippen LogP contribution in [0, 0.1) is 0 Å². The minimum absolute atomic E-state index is 0.588. The summed E-state index contributed by atoms with van der Waals surface area (Å²) in [6.07, 6.45) is 0. The maximum Gasteiger partial charge on any atom is 0.569 e. The molecule has 6 heterocycles. The summed E-state index contributed by atoms with van der Waals surface area (Å²) in [5.41, 5.74) is 15.7. The highest BCUT2D eigenvalue weighted by Crippen LogP contribution is 2.44. The first-order valence-corrected chi connectivity index (χ1v) is 35.9. The van der Waals surface area contributed by atoms with Crippen LogP contribution in [0.1, 0.15) is 0 Å². The van der Waals surface area contributed by atoms with Crippen molar-refractivity contribution >= 4 is 126 Å². The van der Waals surface area contributed by atoms with Crippen LogP contribution in [-0.4, -0.2) is 42.6 Å². The number of hydrogen-bond acceptors (Lipinski definition) is 12. The van der Waals surface area contributed by atoms with Gasteiger partial charge in [0.25, 0.3) is 0 Å². The number of rotatable bonds is 11. The summed E-state index contributed by atoms with van der Waals surface area (Å²) in [6, 6.07) is 111. The van der Waals surface area contributed by atoms with Gasteiger partial charge in [-0.3, -0.25) is 0 Å². The first kappa shape index (κ1) is 63.4. The number of furan rings is 2. The lowest BCUT2D eigenvalue weighted by Crippen LogP contribution is -2.01. The maximum absolute atomic E-state index is 8.71. The number of para-hydroxylation sites is 2. The summed E-state index contributed by atoms with van der Waals surface area (Å²) < 4.78 is 21.7. The first-order chi connectivity index (χ1) is 51.4. The van der Waals surface area contributed by atoms with Crippen molar-refractivity contribution in [3.63, 3.8) is 0 Å². The van der Waals surface area contributed by atoms with E-state index in [9.17, 15) is 0 Å². The van der Waals surface area contributed by atoms with Gasteiger partial charge in [-0.2, -0.15) is 0 Å². The molecule has 0 atom stereocenters. The molecule has 10 nitrogen and oxygen atoms in total. The zero-order valence-electron chi connectivity index (χ0n) is 55.3. The molecule has 0 saturated heterocycles. The van der Waals surface area contributed by atoms with Gasteiger partial charge in [0, 0.05) is 94.9 Å². The quantitative estimate of drug-likeness (QED) is 0.125. The molecule has 20 rings (SSSR count). The lowest BCUT2D eigenvalue weighted by Gasteiger charge is -2.12. The summed E-state index contributed by atoms with van der Waals surface area (Å²) in [5.74, 6) is 4.42.